The number of carbonyl (C=O) groups excluding carboxylic acids is 2. The first kappa shape index (κ1) is 51.1. The van der Waals surface area contributed by atoms with Gasteiger partial charge in [-0.2, -0.15) is 18.7 Å². The van der Waals surface area contributed by atoms with Gasteiger partial charge in [0.2, 0.25) is 23.8 Å². The van der Waals surface area contributed by atoms with Crippen LogP contribution in [0.15, 0.2) is 73.6 Å². The molecular weight excluding hydrogens is 984 g/mol. The Morgan fingerprint density at radius 3 is 1.72 bits per heavy atom. The minimum atomic E-state index is -0.469. The van der Waals surface area contributed by atoms with Gasteiger partial charge in [0.1, 0.15) is 33.3 Å². The van der Waals surface area contributed by atoms with Crippen LogP contribution in [0.1, 0.15) is 82.7 Å². The summed E-state index contributed by atoms with van der Waals surface area (Å²) < 4.78 is 42.5. The molecule has 2 aliphatic heterocycles. The molecular formula is C53H60ClF2N15O4. The van der Waals surface area contributed by atoms with E-state index in [1.54, 1.807) is 24.7 Å². The molecule has 8 aromatic rings. The third kappa shape index (κ3) is 11.3. The number of nitrogens with one attached hydrogen (secondary N) is 1. The summed E-state index contributed by atoms with van der Waals surface area (Å²) in [5, 5.41) is 6.97. The van der Waals surface area contributed by atoms with Gasteiger partial charge in [-0.1, -0.05) is 37.3 Å². The zero-order chi connectivity index (χ0) is 52.0. The van der Waals surface area contributed by atoms with Crippen molar-refractivity contribution >= 4 is 96.5 Å². The number of aromatic nitrogens is 10. The molecule has 392 valence electrons. The second kappa shape index (κ2) is 23.0. The number of fused-ring (bicyclic) bond motifs is 6. The molecule has 3 N–H and O–H groups in total. The second-order valence-corrected chi connectivity index (χ2v) is 19.8. The monoisotopic (exact) mass is 1040 g/mol. The summed E-state index contributed by atoms with van der Waals surface area (Å²) in [5.74, 6) is 0.404. The molecule has 0 radical (unpaired) electrons. The fourth-order valence-electron chi connectivity index (χ4n) is 11.0. The first-order valence-corrected chi connectivity index (χ1v) is 26.0. The Labute approximate surface area is 436 Å². The maximum Gasteiger partial charge on any atom is 0.319 e. The summed E-state index contributed by atoms with van der Waals surface area (Å²) in [6.45, 7) is 5.57. The molecule has 0 bridgehead atoms. The number of carbonyl (C=O) groups is 2. The SMILES string of the molecule is COC(=O)CC1CCN(c2ccc(Nc3ncc4c5ccnc(F)c5n(C5CCCC5)c4n3)nc2)CC1.COC(=O)CN1CCN(c2ccc(Cl)nc2)CC1.Nc1ncc2c3ccnc(F)c3n(C3CCCC3)c2n1. The number of ether oxygens (including phenoxy) is 2. The summed E-state index contributed by atoms with van der Waals surface area (Å²) in [7, 11) is 2.85. The number of nitrogen functional groups attached to an aromatic ring is 1. The van der Waals surface area contributed by atoms with Gasteiger partial charge in [-0.25, -0.2) is 29.9 Å². The van der Waals surface area contributed by atoms with E-state index in [-0.39, 0.29) is 30.0 Å². The van der Waals surface area contributed by atoms with Gasteiger partial charge < -0.3 is 39.5 Å². The van der Waals surface area contributed by atoms with Crippen LogP contribution >= 0.6 is 11.6 Å². The smallest absolute Gasteiger partial charge is 0.319 e. The number of hydrogen-bond acceptors (Lipinski definition) is 17. The molecule has 2 saturated heterocycles. The lowest BCUT2D eigenvalue weighted by Gasteiger charge is -2.35. The average Bonchev–Trinajstić information content (AvgIpc) is 4.28. The van der Waals surface area contributed by atoms with Gasteiger partial charge in [0, 0.05) is 104 Å². The topological polar surface area (TPSA) is 213 Å². The third-order valence-electron chi connectivity index (χ3n) is 14.9. The molecule has 12 rings (SSSR count). The molecule has 10 heterocycles. The fraction of sp³-hybridized carbons (Fsp3) is 0.434. The summed E-state index contributed by atoms with van der Waals surface area (Å²) in [4.78, 5) is 63.4. The van der Waals surface area contributed by atoms with Gasteiger partial charge in [-0.05, 0) is 80.8 Å². The number of pyridine rings is 4. The number of nitrogens with zero attached hydrogens (tertiary/aromatic N) is 13. The number of nitrogens with two attached hydrogens (primary N) is 1. The van der Waals surface area contributed by atoms with Crippen LogP contribution < -0.4 is 20.9 Å². The summed E-state index contributed by atoms with van der Waals surface area (Å²) in [6, 6.07) is 11.8. The van der Waals surface area contributed by atoms with Crippen LogP contribution in [0.4, 0.5) is 37.9 Å². The molecule has 22 heteroatoms. The maximum atomic E-state index is 14.8. The van der Waals surface area contributed by atoms with Crippen LogP contribution in [-0.2, 0) is 19.1 Å². The van der Waals surface area contributed by atoms with Crippen molar-refractivity contribution in [3.8, 4) is 0 Å². The maximum absolute atomic E-state index is 14.8. The fourth-order valence-corrected chi connectivity index (χ4v) is 11.1. The van der Waals surface area contributed by atoms with Gasteiger partial charge in [0.25, 0.3) is 0 Å². The van der Waals surface area contributed by atoms with E-state index in [4.69, 9.17) is 27.1 Å². The minimum Gasteiger partial charge on any atom is -0.469 e. The molecule has 0 spiro atoms. The second-order valence-electron chi connectivity index (χ2n) is 19.4. The van der Waals surface area contributed by atoms with E-state index in [1.807, 2.05) is 45.7 Å². The highest BCUT2D eigenvalue weighted by Gasteiger charge is 2.28. The number of anilines is 5. The lowest BCUT2D eigenvalue weighted by atomic mass is 9.93. The quantitative estimate of drug-likeness (QED) is 0.0966. The predicted molar refractivity (Wildman–Crippen MR) is 284 cm³/mol. The molecule has 2 saturated carbocycles. The lowest BCUT2D eigenvalue weighted by Crippen LogP contribution is -2.48. The van der Waals surface area contributed by atoms with E-state index < -0.39 is 11.9 Å². The molecule has 0 atom stereocenters. The first-order chi connectivity index (χ1) is 36.5. The molecule has 2 aliphatic carbocycles. The van der Waals surface area contributed by atoms with Crippen LogP contribution in [0, 0.1) is 17.8 Å². The van der Waals surface area contributed by atoms with Gasteiger partial charge >= 0.3 is 11.9 Å². The Balaban J connectivity index is 0.000000142. The third-order valence-corrected chi connectivity index (χ3v) is 15.1. The van der Waals surface area contributed by atoms with Crippen LogP contribution in [-0.4, -0.2) is 126 Å². The van der Waals surface area contributed by atoms with Crippen LogP contribution in [0.3, 0.4) is 0 Å². The van der Waals surface area contributed by atoms with Crippen molar-refractivity contribution in [2.45, 2.75) is 82.7 Å². The van der Waals surface area contributed by atoms with Gasteiger partial charge in [0.15, 0.2) is 0 Å². The normalized spacial score (nSPS) is 16.8. The zero-order valence-corrected chi connectivity index (χ0v) is 42.8. The number of hydrogen-bond donors (Lipinski definition) is 2. The lowest BCUT2D eigenvalue weighted by molar-refractivity contribution is -0.142. The number of piperazine rings is 1. The Hall–Kier alpha value is -7.39. The van der Waals surface area contributed by atoms with Crippen LogP contribution in [0.5, 0.6) is 0 Å². The molecule has 19 nitrogen and oxygen atoms in total. The number of piperidine rings is 1. The van der Waals surface area contributed by atoms with E-state index >= 15 is 0 Å². The number of esters is 2. The highest BCUT2D eigenvalue weighted by molar-refractivity contribution is 6.29. The van der Waals surface area contributed by atoms with Crippen molar-refractivity contribution in [1.29, 1.82) is 0 Å². The Bertz CT molecular complexity index is 3280. The summed E-state index contributed by atoms with van der Waals surface area (Å²) >= 11 is 5.76. The number of rotatable bonds is 10. The molecule has 75 heavy (non-hydrogen) atoms. The molecule has 4 aliphatic rings. The van der Waals surface area contributed by atoms with Crippen molar-refractivity contribution in [2.24, 2.45) is 5.92 Å². The van der Waals surface area contributed by atoms with Gasteiger partial charge in [0.05, 0.1) is 44.5 Å². The van der Waals surface area contributed by atoms with E-state index in [1.165, 1.54) is 26.6 Å². The number of halogens is 3. The molecule has 0 unspecified atom stereocenters. The van der Waals surface area contributed by atoms with Crippen molar-refractivity contribution < 1.29 is 27.8 Å². The van der Waals surface area contributed by atoms with E-state index in [0.717, 1.165) is 142 Å². The van der Waals surface area contributed by atoms with Crippen molar-refractivity contribution in [1.82, 2.24) is 53.9 Å². The Kier molecular flexibility index (Phi) is 15.7. The largest absolute Gasteiger partial charge is 0.469 e. The standard InChI is InChI=1S/C27H30FN7O2.C14H14FN5.C12H16ClN3O2/c1-37-23(36)14-17-9-12-34(13-10-17)19-6-7-22(30-15-19)32-27-31-16-21-20-8-11-29-25(28)24(20)35(26(21)33-27)18-4-2-3-5-18;15-12-11-9(5-6-17-12)10-7-18-14(16)19-13(10)20(11)8-3-1-2-4-8;1-18-12(17)9-15-4-6-16(7-5-15)10-2-3-11(13)14-8-10/h6-8,11,15-18H,2-5,9-10,12-14H2,1H3,(H,30,31,32,33);5-8H,1-4H2,(H2,16,18,19);2-3,8H,4-7,9H2,1H3. The predicted octanol–water partition coefficient (Wildman–Crippen LogP) is 9.00. The zero-order valence-electron chi connectivity index (χ0n) is 42.0. The van der Waals surface area contributed by atoms with Crippen LogP contribution in [0.2, 0.25) is 5.15 Å². The Morgan fingerprint density at radius 2 is 1.17 bits per heavy atom. The number of methoxy groups -OCH3 is 2. The summed E-state index contributed by atoms with van der Waals surface area (Å²) in [5.41, 5.74) is 10.3. The highest BCUT2D eigenvalue weighted by atomic mass is 35.5. The van der Waals surface area contributed by atoms with Gasteiger partial charge in [-0.3, -0.25) is 14.5 Å². The first-order valence-electron chi connectivity index (χ1n) is 25.6. The van der Waals surface area contributed by atoms with E-state index in [2.05, 4.69) is 59.6 Å². The molecule has 0 amide bonds. The average molecular weight is 1040 g/mol. The molecule has 0 aromatic carbocycles. The molecule has 8 aromatic heterocycles. The van der Waals surface area contributed by atoms with Crippen molar-refractivity contribution in [3.63, 3.8) is 0 Å². The van der Waals surface area contributed by atoms with Crippen molar-refractivity contribution in [3.05, 3.63) is 90.6 Å². The summed E-state index contributed by atoms with van der Waals surface area (Å²) in [6.07, 6.45) is 21.1. The van der Waals surface area contributed by atoms with Crippen LogP contribution in [0.25, 0.3) is 43.9 Å². The minimum absolute atomic E-state index is 0.138. The molecule has 4 fully saturated rings. The highest BCUT2D eigenvalue weighted by Crippen LogP contribution is 2.40. The van der Waals surface area contributed by atoms with Crippen molar-refractivity contribution in [2.75, 3.05) is 80.9 Å². The van der Waals surface area contributed by atoms with E-state index in [9.17, 15) is 18.4 Å². The van der Waals surface area contributed by atoms with E-state index in [0.29, 0.717) is 52.5 Å². The Morgan fingerprint density at radius 1 is 0.627 bits per heavy atom. The van der Waals surface area contributed by atoms with Gasteiger partial charge in [-0.15, -0.1) is 0 Å².